The van der Waals surface area contributed by atoms with Gasteiger partial charge in [-0.1, -0.05) is 42.5 Å². The van der Waals surface area contributed by atoms with Crippen LogP contribution in [0.1, 0.15) is 6.92 Å². The molecule has 0 spiro atoms. The summed E-state index contributed by atoms with van der Waals surface area (Å²) in [5.74, 6) is -0.156. The number of thiazole rings is 1. The highest BCUT2D eigenvalue weighted by atomic mass is 32.1. The van der Waals surface area contributed by atoms with Gasteiger partial charge in [0.1, 0.15) is 5.01 Å². The minimum Gasteiger partial charge on any atom is -0.322 e. The lowest BCUT2D eigenvalue weighted by atomic mass is 10.2. The van der Waals surface area contributed by atoms with Crippen LogP contribution in [0.5, 0.6) is 0 Å². The molecule has 3 nitrogen and oxygen atoms in total. The highest BCUT2D eigenvalue weighted by Gasteiger charge is 2.11. The zero-order valence-corrected chi connectivity index (χ0v) is 13.5. The van der Waals surface area contributed by atoms with Crippen molar-refractivity contribution in [3.05, 3.63) is 72.8 Å². The normalized spacial score (nSPS) is 11.5. The van der Waals surface area contributed by atoms with Crippen molar-refractivity contribution in [1.82, 2.24) is 4.98 Å². The zero-order valence-electron chi connectivity index (χ0n) is 12.7. The van der Waals surface area contributed by atoms with E-state index in [2.05, 4.69) is 16.4 Å². The number of nitrogens with one attached hydrogen (secondary N) is 1. The molecule has 0 bridgehead atoms. The number of aromatic nitrogens is 1. The van der Waals surface area contributed by atoms with Crippen molar-refractivity contribution in [2.45, 2.75) is 6.92 Å². The van der Waals surface area contributed by atoms with Gasteiger partial charge in [0.25, 0.3) is 0 Å². The van der Waals surface area contributed by atoms with Gasteiger partial charge in [-0.05, 0) is 31.2 Å². The summed E-state index contributed by atoms with van der Waals surface area (Å²) in [4.78, 5) is 16.7. The maximum absolute atomic E-state index is 12.0. The summed E-state index contributed by atoms with van der Waals surface area (Å²) >= 11 is 1.62. The van der Waals surface area contributed by atoms with Crippen LogP contribution in [-0.2, 0) is 4.79 Å². The maximum Gasteiger partial charge on any atom is 0.248 e. The van der Waals surface area contributed by atoms with Gasteiger partial charge in [-0.15, -0.1) is 11.3 Å². The van der Waals surface area contributed by atoms with Crippen LogP contribution < -0.4 is 5.32 Å². The van der Waals surface area contributed by atoms with Crippen LogP contribution in [0.25, 0.3) is 20.8 Å². The Labute approximate surface area is 139 Å². The molecule has 23 heavy (non-hydrogen) atoms. The number of allylic oxidation sites excluding steroid dienone is 3. The lowest BCUT2D eigenvalue weighted by Crippen LogP contribution is -2.08. The Hall–Kier alpha value is -2.72. The second-order valence-corrected chi connectivity index (χ2v) is 5.94. The van der Waals surface area contributed by atoms with Gasteiger partial charge < -0.3 is 5.32 Å². The fourth-order valence-corrected chi connectivity index (χ4v) is 3.20. The van der Waals surface area contributed by atoms with E-state index in [1.54, 1.807) is 17.4 Å². The molecule has 0 atom stereocenters. The third kappa shape index (κ3) is 3.55. The van der Waals surface area contributed by atoms with Gasteiger partial charge in [0.05, 0.1) is 15.9 Å². The van der Waals surface area contributed by atoms with Crippen LogP contribution in [0, 0.1) is 0 Å². The predicted molar refractivity (Wildman–Crippen MR) is 97.6 cm³/mol. The number of nitrogens with zero attached hydrogens (tertiary/aromatic N) is 1. The van der Waals surface area contributed by atoms with E-state index in [1.807, 2.05) is 61.5 Å². The van der Waals surface area contributed by atoms with Crippen LogP contribution in [0.2, 0.25) is 0 Å². The molecule has 0 aliphatic carbocycles. The Kier molecular flexibility index (Phi) is 4.64. The molecule has 0 aliphatic rings. The third-order valence-corrected chi connectivity index (χ3v) is 4.33. The molecule has 0 saturated heterocycles. The van der Waals surface area contributed by atoms with E-state index in [1.165, 1.54) is 6.08 Å². The smallest absolute Gasteiger partial charge is 0.248 e. The predicted octanol–water partition coefficient (Wildman–Crippen LogP) is 5.03. The van der Waals surface area contributed by atoms with E-state index in [0.29, 0.717) is 0 Å². The number of hydrogen-bond acceptors (Lipinski definition) is 3. The van der Waals surface area contributed by atoms with Gasteiger partial charge in [-0.3, -0.25) is 4.79 Å². The third-order valence-electron chi connectivity index (χ3n) is 3.26. The number of fused-ring (bicyclic) bond motifs is 1. The van der Waals surface area contributed by atoms with E-state index >= 15 is 0 Å². The van der Waals surface area contributed by atoms with Crippen LogP contribution in [0.4, 0.5) is 5.69 Å². The number of rotatable bonds is 4. The van der Waals surface area contributed by atoms with Crippen molar-refractivity contribution in [2.24, 2.45) is 0 Å². The first-order valence-corrected chi connectivity index (χ1v) is 8.15. The molecule has 1 heterocycles. The summed E-state index contributed by atoms with van der Waals surface area (Å²) in [7, 11) is 0. The lowest BCUT2D eigenvalue weighted by Gasteiger charge is -2.07. The number of anilines is 1. The quantitative estimate of drug-likeness (QED) is 0.541. The van der Waals surface area contributed by atoms with E-state index in [0.717, 1.165) is 26.5 Å². The van der Waals surface area contributed by atoms with Gasteiger partial charge in [0.15, 0.2) is 0 Å². The first kappa shape index (κ1) is 15.2. The van der Waals surface area contributed by atoms with E-state index in [-0.39, 0.29) is 5.91 Å². The fraction of sp³-hybridized carbons (Fsp3) is 0.0526. The summed E-state index contributed by atoms with van der Waals surface area (Å²) in [6.45, 7) is 1.91. The van der Waals surface area contributed by atoms with Gasteiger partial charge in [0.2, 0.25) is 5.91 Å². The van der Waals surface area contributed by atoms with E-state index in [9.17, 15) is 4.79 Å². The number of carbonyl (C=O) groups excluding carboxylic acids is 1. The average Bonchev–Trinajstić information content (AvgIpc) is 2.99. The molecule has 3 rings (SSSR count). The van der Waals surface area contributed by atoms with Gasteiger partial charge >= 0.3 is 0 Å². The molecule has 0 radical (unpaired) electrons. The zero-order chi connectivity index (χ0) is 16.1. The number of para-hydroxylation sites is 2. The van der Waals surface area contributed by atoms with Crippen molar-refractivity contribution in [3.8, 4) is 10.6 Å². The number of hydrogen-bond donors (Lipinski definition) is 1. The molecule has 114 valence electrons. The molecule has 1 N–H and O–H groups in total. The second-order valence-electron chi connectivity index (χ2n) is 4.91. The fourth-order valence-electron chi connectivity index (χ4n) is 2.19. The Balaban J connectivity index is 1.93. The molecular formula is C19H16N2OS. The Bertz CT molecular complexity index is 860. The molecule has 4 heteroatoms. The van der Waals surface area contributed by atoms with Crippen LogP contribution >= 0.6 is 11.3 Å². The molecule has 0 unspecified atom stereocenters. The Morgan fingerprint density at radius 1 is 1.09 bits per heavy atom. The molecule has 2 aromatic carbocycles. The number of amides is 1. The van der Waals surface area contributed by atoms with E-state index < -0.39 is 0 Å². The topological polar surface area (TPSA) is 42.0 Å². The largest absolute Gasteiger partial charge is 0.322 e. The summed E-state index contributed by atoms with van der Waals surface area (Å²) in [5.41, 5.74) is 2.67. The van der Waals surface area contributed by atoms with Crippen molar-refractivity contribution in [3.63, 3.8) is 0 Å². The summed E-state index contributed by atoms with van der Waals surface area (Å²) in [6, 6.07) is 15.8. The molecule has 0 saturated carbocycles. The van der Waals surface area contributed by atoms with Crippen molar-refractivity contribution >= 4 is 33.1 Å². The molecule has 0 aliphatic heterocycles. The Morgan fingerprint density at radius 2 is 1.87 bits per heavy atom. The SMILES string of the molecule is C/C=C/C=C/C(=O)Nc1ccccc1-c1nc2ccccc2s1. The van der Waals surface area contributed by atoms with Gasteiger partial charge in [-0.25, -0.2) is 4.98 Å². The minimum atomic E-state index is -0.156. The minimum absolute atomic E-state index is 0.156. The van der Waals surface area contributed by atoms with Crippen LogP contribution in [-0.4, -0.2) is 10.9 Å². The summed E-state index contributed by atoms with van der Waals surface area (Å²) < 4.78 is 1.14. The first-order valence-electron chi connectivity index (χ1n) is 7.33. The average molecular weight is 320 g/mol. The molecular weight excluding hydrogens is 304 g/mol. The molecule has 1 aromatic heterocycles. The second kappa shape index (κ2) is 7.03. The number of carbonyl (C=O) groups is 1. The highest BCUT2D eigenvalue weighted by molar-refractivity contribution is 7.21. The number of benzene rings is 2. The maximum atomic E-state index is 12.0. The highest BCUT2D eigenvalue weighted by Crippen LogP contribution is 2.34. The van der Waals surface area contributed by atoms with Crippen molar-refractivity contribution < 1.29 is 4.79 Å². The van der Waals surface area contributed by atoms with Crippen molar-refractivity contribution in [1.29, 1.82) is 0 Å². The monoisotopic (exact) mass is 320 g/mol. The Morgan fingerprint density at radius 3 is 2.70 bits per heavy atom. The summed E-state index contributed by atoms with van der Waals surface area (Å²) in [6.07, 6.45) is 6.92. The molecule has 3 aromatic rings. The van der Waals surface area contributed by atoms with Gasteiger partial charge in [0, 0.05) is 11.6 Å². The summed E-state index contributed by atoms with van der Waals surface area (Å²) in [5, 5.41) is 3.82. The standard InChI is InChI=1S/C19H16N2OS/c1-2-3-4-13-18(22)20-15-10-6-5-9-14(15)19-21-16-11-7-8-12-17(16)23-19/h2-13H,1H3,(H,20,22)/b3-2+,13-4+. The van der Waals surface area contributed by atoms with Crippen LogP contribution in [0.15, 0.2) is 72.8 Å². The lowest BCUT2D eigenvalue weighted by molar-refractivity contribution is -0.111. The molecule has 0 fully saturated rings. The van der Waals surface area contributed by atoms with Crippen molar-refractivity contribution in [2.75, 3.05) is 5.32 Å². The first-order chi connectivity index (χ1) is 11.3. The van der Waals surface area contributed by atoms with Gasteiger partial charge in [-0.2, -0.15) is 0 Å². The van der Waals surface area contributed by atoms with Crippen LogP contribution in [0.3, 0.4) is 0 Å². The van der Waals surface area contributed by atoms with E-state index in [4.69, 9.17) is 0 Å². The molecule has 1 amide bonds.